The third kappa shape index (κ3) is 3.75. The van der Waals surface area contributed by atoms with Crippen molar-refractivity contribution in [3.8, 4) is 5.75 Å². The molecule has 0 spiro atoms. The van der Waals surface area contributed by atoms with E-state index in [0.29, 0.717) is 11.6 Å². The highest BCUT2D eigenvalue weighted by molar-refractivity contribution is 7.13. The van der Waals surface area contributed by atoms with Crippen LogP contribution in [0.25, 0.3) is 0 Å². The fourth-order valence-electron chi connectivity index (χ4n) is 2.81. The van der Waals surface area contributed by atoms with Crippen LogP contribution in [0.4, 0.5) is 5.13 Å². The maximum absolute atomic E-state index is 10.7. The maximum atomic E-state index is 10.7. The highest BCUT2D eigenvalue weighted by Crippen LogP contribution is 2.34. The van der Waals surface area contributed by atoms with E-state index in [4.69, 9.17) is 10.5 Å². The lowest BCUT2D eigenvalue weighted by Gasteiger charge is -2.19. The molecule has 24 heavy (non-hydrogen) atoms. The number of H-pyrrole nitrogens is 1. The first-order valence-corrected chi connectivity index (χ1v) is 8.68. The number of rotatable bonds is 6. The van der Waals surface area contributed by atoms with Crippen LogP contribution in [0.15, 0.2) is 60.0 Å². The Bertz CT molecular complexity index is 772. The topological polar surface area (TPSA) is 69.6 Å². The number of aromatic nitrogens is 1. The molecule has 0 aliphatic heterocycles. The summed E-state index contributed by atoms with van der Waals surface area (Å²) >= 11 is 1.47. The molecule has 1 heterocycles. The average Bonchev–Trinajstić information content (AvgIpc) is 3.06. The van der Waals surface area contributed by atoms with Gasteiger partial charge in [0.2, 0.25) is 0 Å². The third-order valence-electron chi connectivity index (χ3n) is 4.12. The van der Waals surface area contributed by atoms with Gasteiger partial charge < -0.3 is 9.84 Å². The summed E-state index contributed by atoms with van der Waals surface area (Å²) in [4.78, 5) is 3.21. The second kappa shape index (κ2) is 7.47. The molecule has 5 heteroatoms. The molecule has 1 aromatic heterocycles. The minimum absolute atomic E-state index is 0.0275. The molecule has 4 N–H and O–H groups in total. The normalized spacial score (nSPS) is 13.4. The number of anilines is 1. The zero-order valence-electron chi connectivity index (χ0n) is 13.5. The number of methoxy groups -OCH3 is 1. The number of benzene rings is 2. The number of hydrogen-bond acceptors (Lipinski definition) is 4. The Labute approximate surface area is 145 Å². The zero-order chi connectivity index (χ0) is 16.9. The van der Waals surface area contributed by atoms with Gasteiger partial charge in [-0.3, -0.25) is 5.73 Å². The Morgan fingerprint density at radius 2 is 1.79 bits per heavy atom. The molecule has 0 saturated carbocycles. The van der Waals surface area contributed by atoms with Crippen molar-refractivity contribution in [3.05, 3.63) is 76.8 Å². The molecule has 0 amide bonds. The summed E-state index contributed by atoms with van der Waals surface area (Å²) in [5.74, 6) is 0.842. The predicted molar refractivity (Wildman–Crippen MR) is 96.1 cm³/mol. The molecule has 3 aromatic rings. The molecule has 124 valence electrons. The number of aliphatic hydroxyl groups excluding tert-OH is 1. The Hall–Kier alpha value is -2.37. The number of hydrogen-bond donors (Lipinski definition) is 2. The number of ether oxygens (including phenoxy) is 1. The lowest BCUT2D eigenvalue weighted by Crippen LogP contribution is -2.17. The van der Waals surface area contributed by atoms with Gasteiger partial charge in [-0.15, -0.1) is 0 Å². The van der Waals surface area contributed by atoms with Crippen LogP contribution in [0.1, 0.15) is 35.3 Å². The van der Waals surface area contributed by atoms with E-state index in [0.717, 1.165) is 22.6 Å². The highest BCUT2D eigenvalue weighted by Gasteiger charge is 2.24. The first-order valence-electron chi connectivity index (χ1n) is 7.80. The number of aliphatic hydroxyl groups is 1. The van der Waals surface area contributed by atoms with Crippen molar-refractivity contribution in [3.63, 3.8) is 0 Å². The fourth-order valence-corrected chi connectivity index (χ4v) is 3.46. The number of nitrogens with one attached hydrogen (secondary N) is 1. The van der Waals surface area contributed by atoms with Gasteiger partial charge in [-0.1, -0.05) is 53.8 Å². The van der Waals surface area contributed by atoms with Crippen molar-refractivity contribution >= 4 is 16.5 Å². The Balaban J connectivity index is 1.90. The lowest BCUT2D eigenvalue weighted by molar-refractivity contribution is -0.368. The molecule has 0 saturated heterocycles. The molecule has 3 rings (SSSR count). The summed E-state index contributed by atoms with van der Waals surface area (Å²) in [5.41, 5.74) is 8.90. The average molecular weight is 341 g/mol. The summed E-state index contributed by atoms with van der Waals surface area (Å²) in [6.07, 6.45) is 0.0241. The van der Waals surface area contributed by atoms with E-state index in [2.05, 4.69) is 4.98 Å². The lowest BCUT2D eigenvalue weighted by atomic mass is 9.88. The van der Waals surface area contributed by atoms with Crippen LogP contribution in [0, 0.1) is 0 Å². The minimum atomic E-state index is -0.548. The van der Waals surface area contributed by atoms with Gasteiger partial charge in [0.1, 0.15) is 11.4 Å². The summed E-state index contributed by atoms with van der Waals surface area (Å²) in [6, 6.07) is 17.7. The van der Waals surface area contributed by atoms with Crippen LogP contribution >= 0.6 is 11.3 Å². The highest BCUT2D eigenvalue weighted by atomic mass is 32.1. The minimum Gasteiger partial charge on any atom is -0.497 e. The molecule has 2 unspecified atom stereocenters. The van der Waals surface area contributed by atoms with E-state index in [1.165, 1.54) is 11.3 Å². The molecule has 0 aliphatic rings. The third-order valence-corrected chi connectivity index (χ3v) is 4.85. The van der Waals surface area contributed by atoms with Gasteiger partial charge in [-0.05, 0) is 29.7 Å². The van der Waals surface area contributed by atoms with E-state index < -0.39 is 6.10 Å². The molecule has 0 fully saturated rings. The van der Waals surface area contributed by atoms with Crippen molar-refractivity contribution < 1.29 is 14.8 Å². The SMILES string of the molecule is COc1ccc(C(CC(O)c2ccccc2)c2csc(N)[nH+]2)cc1. The molecular weight excluding hydrogens is 320 g/mol. The van der Waals surface area contributed by atoms with Gasteiger partial charge in [0, 0.05) is 11.3 Å². The second-order valence-corrected chi connectivity index (χ2v) is 6.58. The van der Waals surface area contributed by atoms with Crippen LogP contribution in [-0.4, -0.2) is 12.2 Å². The summed E-state index contributed by atoms with van der Waals surface area (Å²) < 4.78 is 5.23. The van der Waals surface area contributed by atoms with Gasteiger partial charge in [0.25, 0.3) is 0 Å². The molecule has 0 radical (unpaired) electrons. The van der Waals surface area contributed by atoms with E-state index in [1.54, 1.807) is 7.11 Å². The van der Waals surface area contributed by atoms with Crippen molar-refractivity contribution in [1.82, 2.24) is 0 Å². The van der Waals surface area contributed by atoms with Gasteiger partial charge in [0.05, 0.1) is 13.2 Å². The standard InChI is InChI=1S/C19H20N2O2S/c1-23-15-9-7-13(8-10-15)16(17-12-24-19(20)21-17)11-18(22)14-5-3-2-4-6-14/h2-10,12,16,18,22H,11H2,1H3,(H2,20,21)/p+1. The van der Waals surface area contributed by atoms with Crippen LogP contribution in [0.2, 0.25) is 0 Å². The van der Waals surface area contributed by atoms with E-state index in [9.17, 15) is 5.11 Å². The molecule has 2 atom stereocenters. The number of nitrogens with two attached hydrogens (primary N) is 1. The largest absolute Gasteiger partial charge is 0.497 e. The van der Waals surface area contributed by atoms with Crippen molar-refractivity contribution in [2.24, 2.45) is 0 Å². The van der Waals surface area contributed by atoms with Gasteiger partial charge in [-0.2, -0.15) is 0 Å². The molecule has 0 bridgehead atoms. The zero-order valence-corrected chi connectivity index (χ0v) is 14.3. The van der Waals surface area contributed by atoms with Gasteiger partial charge >= 0.3 is 5.13 Å². The van der Waals surface area contributed by atoms with Crippen molar-refractivity contribution in [2.75, 3.05) is 12.8 Å². The van der Waals surface area contributed by atoms with Crippen molar-refractivity contribution in [1.29, 1.82) is 0 Å². The second-order valence-electron chi connectivity index (χ2n) is 5.67. The quantitative estimate of drug-likeness (QED) is 0.722. The molecule has 0 aliphatic carbocycles. The van der Waals surface area contributed by atoms with Gasteiger partial charge in [-0.25, -0.2) is 4.98 Å². The monoisotopic (exact) mass is 341 g/mol. The maximum Gasteiger partial charge on any atom is 0.329 e. The van der Waals surface area contributed by atoms with Crippen LogP contribution in [0.3, 0.4) is 0 Å². The first kappa shape index (κ1) is 16.5. The Kier molecular flexibility index (Phi) is 5.13. The number of thiazole rings is 1. The van der Waals surface area contributed by atoms with Crippen LogP contribution in [0.5, 0.6) is 5.75 Å². The van der Waals surface area contributed by atoms with E-state index >= 15 is 0 Å². The van der Waals surface area contributed by atoms with Crippen LogP contribution < -0.4 is 15.5 Å². The number of nitrogen functional groups attached to an aromatic ring is 1. The summed E-state index contributed by atoms with van der Waals surface area (Å²) in [5, 5.41) is 13.3. The van der Waals surface area contributed by atoms with Crippen LogP contribution in [-0.2, 0) is 0 Å². The number of aromatic amines is 1. The molecule has 4 nitrogen and oxygen atoms in total. The summed E-state index contributed by atoms with van der Waals surface area (Å²) in [6.45, 7) is 0. The Morgan fingerprint density at radius 3 is 2.38 bits per heavy atom. The van der Waals surface area contributed by atoms with E-state index in [-0.39, 0.29) is 5.92 Å². The summed E-state index contributed by atoms with van der Waals surface area (Å²) in [7, 11) is 1.65. The molecule has 2 aromatic carbocycles. The molecular formula is C19H21N2O2S+. The smallest absolute Gasteiger partial charge is 0.329 e. The Morgan fingerprint density at radius 1 is 1.08 bits per heavy atom. The predicted octanol–water partition coefficient (Wildman–Crippen LogP) is 3.41. The van der Waals surface area contributed by atoms with Crippen molar-refractivity contribution in [2.45, 2.75) is 18.4 Å². The van der Waals surface area contributed by atoms with E-state index in [1.807, 2.05) is 60.0 Å². The first-order chi connectivity index (χ1) is 11.7. The fraction of sp³-hybridized carbons (Fsp3) is 0.211. The van der Waals surface area contributed by atoms with Gasteiger partial charge in [0.15, 0.2) is 0 Å².